The lowest BCUT2D eigenvalue weighted by molar-refractivity contribution is 0.126. The Morgan fingerprint density at radius 1 is 1.03 bits per heavy atom. The average molecular weight is 431 g/mol. The van der Waals surface area contributed by atoms with Crippen LogP contribution in [0.5, 0.6) is 0 Å². The van der Waals surface area contributed by atoms with E-state index in [4.69, 9.17) is 16.4 Å². The topological polar surface area (TPSA) is 69.6 Å². The van der Waals surface area contributed by atoms with Gasteiger partial charge in [0.15, 0.2) is 23.7 Å². The minimum atomic E-state index is 0.157. The van der Waals surface area contributed by atoms with Gasteiger partial charge in [-0.25, -0.2) is 14.5 Å². The Labute approximate surface area is 183 Å². The largest absolute Gasteiger partial charge is 0.387 e. The van der Waals surface area contributed by atoms with E-state index >= 15 is 0 Å². The van der Waals surface area contributed by atoms with Crippen molar-refractivity contribution in [3.8, 4) is 5.69 Å². The highest BCUT2D eigenvalue weighted by atomic mass is 35.5. The number of benzene rings is 2. The number of nitrogens with zero attached hydrogens (tertiary/aromatic N) is 6. The van der Waals surface area contributed by atoms with Crippen LogP contribution in [0.1, 0.15) is 22.6 Å². The van der Waals surface area contributed by atoms with E-state index in [1.165, 1.54) is 0 Å². The molecule has 8 heteroatoms. The molecule has 0 saturated heterocycles. The number of halogens is 1. The summed E-state index contributed by atoms with van der Waals surface area (Å²) >= 11 is 5.89. The first kappa shape index (κ1) is 19.3. The van der Waals surface area contributed by atoms with Crippen molar-refractivity contribution in [2.75, 3.05) is 0 Å². The fourth-order valence-electron chi connectivity index (χ4n) is 3.60. The Hall–Kier alpha value is -3.71. The molecule has 0 bridgehead atoms. The van der Waals surface area contributed by atoms with E-state index in [0.29, 0.717) is 10.8 Å². The summed E-state index contributed by atoms with van der Waals surface area (Å²) in [6.45, 7) is 4.33. The van der Waals surface area contributed by atoms with Crippen molar-refractivity contribution < 1.29 is 4.84 Å². The number of hydrogen-bond acceptors (Lipinski definition) is 5. The van der Waals surface area contributed by atoms with Gasteiger partial charge in [0.25, 0.3) is 0 Å². The molecule has 154 valence electrons. The van der Waals surface area contributed by atoms with Gasteiger partial charge in [0.05, 0.1) is 11.6 Å². The van der Waals surface area contributed by atoms with Gasteiger partial charge in [-0.15, -0.1) is 5.10 Å². The van der Waals surface area contributed by atoms with Gasteiger partial charge in [0.2, 0.25) is 0 Å². The maximum Gasteiger partial charge on any atom is 0.192 e. The molecule has 0 radical (unpaired) electrons. The van der Waals surface area contributed by atoms with Crippen molar-refractivity contribution in [3.63, 3.8) is 0 Å². The molecule has 0 aliphatic heterocycles. The first-order valence-corrected chi connectivity index (χ1v) is 10.2. The lowest BCUT2D eigenvalue weighted by Crippen LogP contribution is -1.99. The van der Waals surface area contributed by atoms with Crippen LogP contribution in [0.15, 0.2) is 66.1 Å². The zero-order chi connectivity index (χ0) is 21.4. The maximum atomic E-state index is 5.89. The van der Waals surface area contributed by atoms with Crippen LogP contribution in [0.4, 0.5) is 0 Å². The van der Waals surface area contributed by atoms with Crippen LogP contribution in [0.3, 0.4) is 0 Å². The molecule has 0 atom stereocenters. The maximum absolute atomic E-state index is 5.89. The number of fused-ring (bicyclic) bond motifs is 3. The van der Waals surface area contributed by atoms with Crippen LogP contribution < -0.4 is 0 Å². The number of rotatable bonds is 5. The SMILES string of the molecule is Cc1c(C)n(-c2ccccc2)c2ncn3nc(CO/N=C\c4ccc(Cl)cc4)nc3c12. The first-order chi connectivity index (χ1) is 15.1. The predicted molar refractivity (Wildman–Crippen MR) is 121 cm³/mol. The number of hydrogen-bond donors (Lipinski definition) is 0. The summed E-state index contributed by atoms with van der Waals surface area (Å²) in [5, 5.41) is 10.1. The summed E-state index contributed by atoms with van der Waals surface area (Å²) in [5.41, 5.74) is 5.81. The molecule has 0 amide bonds. The van der Waals surface area contributed by atoms with Gasteiger partial charge in [0, 0.05) is 16.4 Å². The van der Waals surface area contributed by atoms with E-state index in [9.17, 15) is 0 Å². The van der Waals surface area contributed by atoms with E-state index in [-0.39, 0.29) is 6.61 Å². The third-order valence-electron chi connectivity index (χ3n) is 5.23. The molecule has 31 heavy (non-hydrogen) atoms. The molecule has 0 aliphatic carbocycles. The summed E-state index contributed by atoms with van der Waals surface area (Å²) in [4.78, 5) is 14.8. The van der Waals surface area contributed by atoms with Crippen molar-refractivity contribution in [3.05, 3.63) is 88.6 Å². The third kappa shape index (κ3) is 3.53. The molecule has 0 aliphatic rings. The molecule has 0 saturated carbocycles. The van der Waals surface area contributed by atoms with Crippen molar-refractivity contribution >= 4 is 34.5 Å². The van der Waals surface area contributed by atoms with E-state index in [0.717, 1.165) is 39.2 Å². The predicted octanol–water partition coefficient (Wildman–Crippen LogP) is 4.89. The van der Waals surface area contributed by atoms with E-state index in [2.05, 4.69) is 50.8 Å². The van der Waals surface area contributed by atoms with Crippen LogP contribution in [0.25, 0.3) is 22.4 Å². The lowest BCUT2D eigenvalue weighted by atomic mass is 10.2. The normalized spacial score (nSPS) is 11.7. The molecule has 3 heterocycles. The Morgan fingerprint density at radius 3 is 2.58 bits per heavy atom. The van der Waals surface area contributed by atoms with Gasteiger partial charge >= 0.3 is 0 Å². The summed E-state index contributed by atoms with van der Waals surface area (Å²) < 4.78 is 3.83. The lowest BCUT2D eigenvalue weighted by Gasteiger charge is -2.07. The molecular weight excluding hydrogens is 412 g/mol. The molecule has 0 N–H and O–H groups in total. The minimum absolute atomic E-state index is 0.157. The molecule has 0 spiro atoms. The van der Waals surface area contributed by atoms with E-state index in [1.54, 1.807) is 29.2 Å². The standard InChI is InChI=1S/C23H19ClN6O/c1-15-16(2)30(19-6-4-3-5-7-19)22-21(15)23-27-20(28-29(23)14-25-22)13-31-26-12-17-8-10-18(24)11-9-17/h3-12,14H,13H2,1-2H3/b26-12-. The number of aromatic nitrogens is 5. The Balaban J connectivity index is 1.46. The van der Waals surface area contributed by atoms with Gasteiger partial charge in [-0.2, -0.15) is 0 Å². The molecule has 2 aromatic carbocycles. The molecular formula is C23H19ClN6O. The smallest absolute Gasteiger partial charge is 0.192 e. The summed E-state index contributed by atoms with van der Waals surface area (Å²) in [6.07, 6.45) is 3.31. The third-order valence-corrected chi connectivity index (χ3v) is 5.48. The molecule has 7 nitrogen and oxygen atoms in total. The van der Waals surface area contributed by atoms with Crippen LogP contribution in [0.2, 0.25) is 5.02 Å². The van der Waals surface area contributed by atoms with Gasteiger partial charge in [-0.05, 0) is 49.2 Å². The van der Waals surface area contributed by atoms with Crippen molar-refractivity contribution in [1.82, 2.24) is 24.1 Å². The van der Waals surface area contributed by atoms with Crippen LogP contribution in [-0.2, 0) is 11.4 Å². The number of para-hydroxylation sites is 1. The van der Waals surface area contributed by atoms with E-state index in [1.807, 2.05) is 30.3 Å². The van der Waals surface area contributed by atoms with Gasteiger partial charge in [-0.1, -0.05) is 47.1 Å². The van der Waals surface area contributed by atoms with Crippen LogP contribution in [0, 0.1) is 13.8 Å². The van der Waals surface area contributed by atoms with Crippen LogP contribution in [-0.4, -0.2) is 30.4 Å². The number of aryl methyl sites for hydroxylation is 1. The highest BCUT2D eigenvalue weighted by molar-refractivity contribution is 6.30. The number of oxime groups is 1. The molecule has 5 aromatic rings. The highest BCUT2D eigenvalue weighted by Crippen LogP contribution is 2.29. The molecule has 3 aromatic heterocycles. The van der Waals surface area contributed by atoms with Crippen molar-refractivity contribution in [2.24, 2.45) is 5.16 Å². The minimum Gasteiger partial charge on any atom is -0.387 e. The molecule has 0 unspecified atom stereocenters. The summed E-state index contributed by atoms with van der Waals surface area (Å²) in [5.74, 6) is 0.534. The fraction of sp³-hybridized carbons (Fsp3) is 0.130. The monoisotopic (exact) mass is 430 g/mol. The first-order valence-electron chi connectivity index (χ1n) is 9.80. The van der Waals surface area contributed by atoms with Gasteiger partial charge in [0.1, 0.15) is 6.33 Å². The quantitative estimate of drug-likeness (QED) is 0.294. The summed E-state index contributed by atoms with van der Waals surface area (Å²) in [7, 11) is 0. The zero-order valence-electron chi connectivity index (χ0n) is 17.0. The van der Waals surface area contributed by atoms with Crippen molar-refractivity contribution in [2.45, 2.75) is 20.5 Å². The Kier molecular flexibility index (Phi) is 4.88. The van der Waals surface area contributed by atoms with Gasteiger partial charge in [-0.3, -0.25) is 4.57 Å². The second kappa shape index (κ2) is 7.85. The Morgan fingerprint density at radius 2 is 1.81 bits per heavy atom. The summed E-state index contributed by atoms with van der Waals surface area (Å²) in [6, 6.07) is 17.5. The Bertz CT molecular complexity index is 1400. The highest BCUT2D eigenvalue weighted by Gasteiger charge is 2.18. The second-order valence-electron chi connectivity index (χ2n) is 7.18. The van der Waals surface area contributed by atoms with Crippen LogP contribution >= 0.6 is 11.6 Å². The average Bonchev–Trinajstić information content (AvgIpc) is 3.31. The van der Waals surface area contributed by atoms with Crippen molar-refractivity contribution in [1.29, 1.82) is 0 Å². The zero-order valence-corrected chi connectivity index (χ0v) is 17.8. The van der Waals surface area contributed by atoms with Gasteiger partial charge < -0.3 is 4.84 Å². The second-order valence-corrected chi connectivity index (χ2v) is 7.62. The molecule has 5 rings (SSSR count). The fourth-order valence-corrected chi connectivity index (χ4v) is 3.73. The molecule has 0 fully saturated rings. The van der Waals surface area contributed by atoms with E-state index < -0.39 is 0 Å².